The molecule has 0 radical (unpaired) electrons. The third-order valence-electron chi connectivity index (χ3n) is 3.89. The summed E-state index contributed by atoms with van der Waals surface area (Å²) in [4.78, 5) is 16.6. The van der Waals surface area contributed by atoms with Crippen molar-refractivity contribution >= 4 is 44.5 Å². The number of carbonyl (C=O) groups excluding carboxylic acids is 1. The molecule has 0 spiro atoms. The minimum absolute atomic E-state index is 0.347. The molecule has 3 rings (SSSR count). The molecule has 150 valence electrons. The van der Waals surface area contributed by atoms with Crippen molar-refractivity contribution in [1.29, 1.82) is 0 Å². The number of aryl methyl sites for hydroxylation is 1. The Bertz CT molecular complexity index is 1030. The van der Waals surface area contributed by atoms with Gasteiger partial charge in [-0.05, 0) is 48.4 Å². The predicted molar refractivity (Wildman–Crippen MR) is 118 cm³/mol. The molecule has 9 heteroatoms. The number of nitrogens with two attached hydrogens (primary N) is 1. The SMILES string of the molecule is COc1cc(C=NNC(=O)c2sc(N)nc2C)ccc1OCc1ccc(Br)cc1. The maximum absolute atomic E-state index is 12.1. The normalized spacial score (nSPS) is 10.9. The summed E-state index contributed by atoms with van der Waals surface area (Å²) < 4.78 is 12.3. The van der Waals surface area contributed by atoms with Gasteiger partial charge in [0.05, 0.1) is 19.0 Å². The lowest BCUT2D eigenvalue weighted by Crippen LogP contribution is -2.17. The maximum atomic E-state index is 12.1. The molecule has 0 aliphatic rings. The number of nitrogens with zero attached hydrogens (tertiary/aromatic N) is 2. The highest BCUT2D eigenvalue weighted by Crippen LogP contribution is 2.28. The Morgan fingerprint density at radius 3 is 2.69 bits per heavy atom. The average molecular weight is 475 g/mol. The van der Waals surface area contributed by atoms with Crippen LogP contribution < -0.4 is 20.6 Å². The molecule has 1 heterocycles. The monoisotopic (exact) mass is 474 g/mol. The predicted octanol–water partition coefficient (Wildman–Crippen LogP) is 4.15. The first kappa shape index (κ1) is 20.8. The largest absolute Gasteiger partial charge is 0.493 e. The zero-order chi connectivity index (χ0) is 20.8. The van der Waals surface area contributed by atoms with Gasteiger partial charge in [0.15, 0.2) is 16.6 Å². The zero-order valence-corrected chi connectivity index (χ0v) is 18.2. The van der Waals surface area contributed by atoms with E-state index in [1.165, 1.54) is 6.21 Å². The highest BCUT2D eigenvalue weighted by Gasteiger charge is 2.13. The second-order valence-electron chi connectivity index (χ2n) is 5.99. The number of anilines is 1. The lowest BCUT2D eigenvalue weighted by molar-refractivity contribution is 0.0958. The van der Waals surface area contributed by atoms with Gasteiger partial charge in [-0.3, -0.25) is 4.79 Å². The fraction of sp³-hybridized carbons (Fsp3) is 0.150. The number of ether oxygens (including phenoxy) is 2. The number of hydrogen-bond acceptors (Lipinski definition) is 7. The van der Waals surface area contributed by atoms with Crippen LogP contribution in [0.3, 0.4) is 0 Å². The van der Waals surface area contributed by atoms with E-state index in [0.717, 1.165) is 26.9 Å². The lowest BCUT2D eigenvalue weighted by Gasteiger charge is -2.11. The summed E-state index contributed by atoms with van der Waals surface area (Å²) in [5.74, 6) is 0.838. The van der Waals surface area contributed by atoms with Gasteiger partial charge in [0.2, 0.25) is 0 Å². The van der Waals surface area contributed by atoms with Gasteiger partial charge in [-0.15, -0.1) is 0 Å². The number of aromatic nitrogens is 1. The maximum Gasteiger partial charge on any atom is 0.283 e. The lowest BCUT2D eigenvalue weighted by atomic mass is 10.2. The number of nitrogen functional groups attached to an aromatic ring is 1. The van der Waals surface area contributed by atoms with Crippen molar-refractivity contribution in [2.45, 2.75) is 13.5 Å². The summed E-state index contributed by atoms with van der Waals surface area (Å²) in [6.45, 7) is 2.15. The van der Waals surface area contributed by atoms with E-state index in [-0.39, 0.29) is 5.91 Å². The Morgan fingerprint density at radius 1 is 1.28 bits per heavy atom. The number of hydrogen-bond donors (Lipinski definition) is 2. The standard InChI is InChI=1S/C20H19BrN4O3S/c1-12-18(29-20(22)24-12)19(26)25-23-10-14-5-8-16(17(9-14)27-2)28-11-13-3-6-15(21)7-4-13/h3-10H,11H2,1-2H3,(H2,22,24)(H,25,26). The molecule has 0 fully saturated rings. The third-order valence-corrected chi connectivity index (χ3v) is 5.41. The van der Waals surface area contributed by atoms with E-state index >= 15 is 0 Å². The molecule has 0 atom stereocenters. The van der Waals surface area contributed by atoms with Gasteiger partial charge in [-0.2, -0.15) is 5.10 Å². The second-order valence-corrected chi connectivity index (χ2v) is 7.94. The molecule has 7 nitrogen and oxygen atoms in total. The van der Waals surface area contributed by atoms with E-state index in [2.05, 4.69) is 31.4 Å². The smallest absolute Gasteiger partial charge is 0.283 e. The van der Waals surface area contributed by atoms with Crippen molar-refractivity contribution in [2.24, 2.45) is 5.10 Å². The van der Waals surface area contributed by atoms with Crippen LogP contribution in [0.2, 0.25) is 0 Å². The van der Waals surface area contributed by atoms with Gasteiger partial charge in [-0.25, -0.2) is 10.4 Å². The van der Waals surface area contributed by atoms with E-state index in [9.17, 15) is 4.79 Å². The van der Waals surface area contributed by atoms with E-state index < -0.39 is 0 Å². The van der Waals surface area contributed by atoms with E-state index in [4.69, 9.17) is 15.2 Å². The number of hydrazone groups is 1. The Balaban J connectivity index is 1.63. The quantitative estimate of drug-likeness (QED) is 0.395. The summed E-state index contributed by atoms with van der Waals surface area (Å²) in [6.07, 6.45) is 1.53. The second kappa shape index (κ2) is 9.53. The number of thiazole rings is 1. The Labute approximate surface area is 180 Å². The minimum atomic E-state index is -0.352. The van der Waals surface area contributed by atoms with Crippen molar-refractivity contribution in [3.8, 4) is 11.5 Å². The van der Waals surface area contributed by atoms with Crippen LogP contribution in [0.5, 0.6) is 11.5 Å². The number of benzene rings is 2. The first-order chi connectivity index (χ1) is 14.0. The fourth-order valence-corrected chi connectivity index (χ4v) is 3.46. The third kappa shape index (κ3) is 5.55. The molecule has 1 aromatic heterocycles. The minimum Gasteiger partial charge on any atom is -0.493 e. The molecule has 0 saturated heterocycles. The molecular formula is C20H19BrN4O3S. The fourth-order valence-electron chi connectivity index (χ4n) is 2.47. The number of methoxy groups -OCH3 is 1. The molecule has 0 aliphatic carbocycles. The van der Waals surface area contributed by atoms with Gasteiger partial charge in [0.25, 0.3) is 5.91 Å². The van der Waals surface area contributed by atoms with Crippen LogP contribution in [0.4, 0.5) is 5.13 Å². The molecule has 3 aromatic rings. The first-order valence-electron chi connectivity index (χ1n) is 8.58. The summed E-state index contributed by atoms with van der Waals surface area (Å²) in [5.41, 5.74) is 10.5. The highest BCUT2D eigenvalue weighted by atomic mass is 79.9. The van der Waals surface area contributed by atoms with Crippen LogP contribution in [0.1, 0.15) is 26.5 Å². The van der Waals surface area contributed by atoms with Crippen LogP contribution >= 0.6 is 27.3 Å². The molecule has 1 amide bonds. The molecular weight excluding hydrogens is 456 g/mol. The van der Waals surface area contributed by atoms with Crippen molar-refractivity contribution in [3.63, 3.8) is 0 Å². The van der Waals surface area contributed by atoms with Crippen molar-refractivity contribution in [2.75, 3.05) is 12.8 Å². The van der Waals surface area contributed by atoms with Gasteiger partial charge < -0.3 is 15.2 Å². The molecule has 0 saturated carbocycles. The zero-order valence-electron chi connectivity index (χ0n) is 15.8. The molecule has 3 N–H and O–H groups in total. The van der Waals surface area contributed by atoms with Crippen molar-refractivity contribution in [1.82, 2.24) is 10.4 Å². The Hall–Kier alpha value is -2.91. The number of amides is 1. The number of nitrogens with one attached hydrogen (secondary N) is 1. The van der Waals surface area contributed by atoms with Crippen LogP contribution in [0.15, 0.2) is 52.0 Å². The topological polar surface area (TPSA) is 98.8 Å². The molecule has 0 unspecified atom stereocenters. The Morgan fingerprint density at radius 2 is 2.03 bits per heavy atom. The Kier molecular flexibility index (Phi) is 6.84. The van der Waals surface area contributed by atoms with Gasteiger partial charge in [0.1, 0.15) is 11.5 Å². The summed E-state index contributed by atoms with van der Waals surface area (Å²) in [7, 11) is 1.57. The van der Waals surface area contributed by atoms with E-state index in [1.807, 2.05) is 30.3 Å². The van der Waals surface area contributed by atoms with Crippen LogP contribution in [-0.2, 0) is 6.61 Å². The molecule has 2 aromatic carbocycles. The van der Waals surface area contributed by atoms with Crippen molar-refractivity contribution in [3.05, 3.63) is 68.6 Å². The number of halogens is 1. The van der Waals surface area contributed by atoms with E-state index in [1.54, 1.807) is 26.2 Å². The van der Waals surface area contributed by atoms with Crippen molar-refractivity contribution < 1.29 is 14.3 Å². The van der Waals surface area contributed by atoms with Crippen LogP contribution in [-0.4, -0.2) is 24.2 Å². The molecule has 0 aliphatic heterocycles. The number of rotatable bonds is 7. The molecule has 0 bridgehead atoms. The highest BCUT2D eigenvalue weighted by molar-refractivity contribution is 9.10. The summed E-state index contributed by atoms with van der Waals surface area (Å²) in [5, 5.41) is 4.34. The van der Waals surface area contributed by atoms with E-state index in [0.29, 0.717) is 33.8 Å². The summed E-state index contributed by atoms with van der Waals surface area (Å²) in [6, 6.07) is 13.3. The van der Waals surface area contributed by atoms with Gasteiger partial charge in [0, 0.05) is 4.47 Å². The molecule has 29 heavy (non-hydrogen) atoms. The summed E-state index contributed by atoms with van der Waals surface area (Å²) >= 11 is 4.53. The van der Waals surface area contributed by atoms with Gasteiger partial charge in [-0.1, -0.05) is 39.4 Å². The average Bonchev–Trinajstić information content (AvgIpc) is 3.06. The number of carbonyl (C=O) groups is 1. The first-order valence-corrected chi connectivity index (χ1v) is 10.2. The van der Waals surface area contributed by atoms with Crippen LogP contribution in [0.25, 0.3) is 0 Å². The van der Waals surface area contributed by atoms with Gasteiger partial charge >= 0.3 is 0 Å². The van der Waals surface area contributed by atoms with Crippen LogP contribution in [0, 0.1) is 6.92 Å².